The molecule has 1 aromatic heterocycles. The number of aromatic nitrogens is 3. The molecule has 1 heterocycles. The van der Waals surface area contributed by atoms with Crippen LogP contribution in [-0.2, 0) is 9.59 Å². The summed E-state index contributed by atoms with van der Waals surface area (Å²) in [5, 5.41) is 12.3. The lowest BCUT2D eigenvalue weighted by Gasteiger charge is -2.16. The van der Waals surface area contributed by atoms with Crippen LogP contribution in [0.25, 0.3) is 11.4 Å². The summed E-state index contributed by atoms with van der Waals surface area (Å²) in [6.45, 7) is 3.91. The van der Waals surface area contributed by atoms with Crippen LogP contribution in [0.15, 0.2) is 24.3 Å². The number of rotatable bonds is 3. The first-order chi connectivity index (χ1) is 11.5. The zero-order chi connectivity index (χ0) is 17.1. The molecular formula is C17H21N5O2. The molecule has 1 aromatic carbocycles. The number of carbonyl (C=O) groups excluding carboxylic acids is 2. The van der Waals surface area contributed by atoms with Crippen molar-refractivity contribution in [2.45, 2.75) is 39.2 Å². The molecule has 3 rings (SSSR count). The topological polar surface area (TPSA) is 99.8 Å². The van der Waals surface area contributed by atoms with E-state index >= 15 is 0 Å². The zero-order valence-electron chi connectivity index (χ0n) is 13.8. The highest BCUT2D eigenvalue weighted by Crippen LogP contribution is 2.24. The summed E-state index contributed by atoms with van der Waals surface area (Å²) in [7, 11) is 0. The fourth-order valence-electron chi connectivity index (χ4n) is 2.99. The lowest BCUT2D eigenvalue weighted by atomic mass is 10.1. The lowest BCUT2D eigenvalue weighted by molar-refractivity contribution is -0.136. The highest BCUT2D eigenvalue weighted by molar-refractivity contribution is 6.39. The van der Waals surface area contributed by atoms with Crippen molar-refractivity contribution >= 4 is 17.5 Å². The average Bonchev–Trinajstić information content (AvgIpc) is 3.16. The number of carbonyl (C=O) groups is 2. The van der Waals surface area contributed by atoms with Crippen LogP contribution in [0.5, 0.6) is 0 Å². The number of nitrogens with one attached hydrogen (secondary N) is 3. The summed E-state index contributed by atoms with van der Waals surface area (Å²) in [6, 6.07) is 7.19. The predicted molar refractivity (Wildman–Crippen MR) is 90.1 cm³/mol. The summed E-state index contributed by atoms with van der Waals surface area (Å²) in [6.07, 6.45) is 3.11. The smallest absolute Gasteiger partial charge is 0.313 e. The largest absolute Gasteiger partial charge is 0.345 e. The minimum atomic E-state index is -0.655. The zero-order valence-corrected chi connectivity index (χ0v) is 13.8. The summed E-state index contributed by atoms with van der Waals surface area (Å²) in [4.78, 5) is 28.4. The summed E-state index contributed by atoms with van der Waals surface area (Å²) in [5.41, 5.74) is 1.30. The summed E-state index contributed by atoms with van der Waals surface area (Å²) < 4.78 is 0. The summed E-state index contributed by atoms with van der Waals surface area (Å²) in [5.74, 6) is 0.432. The molecule has 1 saturated carbocycles. The van der Waals surface area contributed by atoms with Gasteiger partial charge in [0.05, 0.1) is 0 Å². The molecule has 1 aliphatic rings. The molecule has 1 aliphatic carbocycles. The molecule has 0 bridgehead atoms. The van der Waals surface area contributed by atoms with Gasteiger partial charge in [-0.25, -0.2) is 4.98 Å². The second kappa shape index (κ2) is 6.82. The quantitative estimate of drug-likeness (QED) is 0.751. The third kappa shape index (κ3) is 3.61. The Labute approximate surface area is 140 Å². The number of hydrogen-bond donors (Lipinski definition) is 3. The standard InChI is InChI=1S/C17H21N5O2/c1-10-5-3-8-14(10)20-17(24)16(23)19-13-7-4-6-12(9-13)15-18-11(2)21-22-15/h4,6-7,9-10,14H,3,5,8H2,1-2H3,(H,19,23)(H,20,24)(H,18,21,22)/t10-,14-/m0/s1. The molecule has 3 N–H and O–H groups in total. The van der Waals surface area contributed by atoms with Gasteiger partial charge in [0.25, 0.3) is 0 Å². The van der Waals surface area contributed by atoms with E-state index in [0.717, 1.165) is 24.8 Å². The Balaban J connectivity index is 1.65. The maximum absolute atomic E-state index is 12.1. The van der Waals surface area contributed by atoms with Crippen molar-refractivity contribution in [3.05, 3.63) is 30.1 Å². The Morgan fingerprint density at radius 1 is 1.25 bits per heavy atom. The predicted octanol–water partition coefficient (Wildman–Crippen LogP) is 2.02. The number of aryl methyl sites for hydroxylation is 1. The molecule has 0 unspecified atom stereocenters. The molecule has 0 aliphatic heterocycles. The van der Waals surface area contributed by atoms with Gasteiger partial charge in [0, 0.05) is 17.3 Å². The van der Waals surface area contributed by atoms with Crippen LogP contribution in [0.4, 0.5) is 5.69 Å². The SMILES string of the molecule is Cc1nc(-c2cccc(NC(=O)C(=O)N[C@H]3CCC[C@@H]3C)c2)n[nH]1. The van der Waals surface area contributed by atoms with Crippen LogP contribution < -0.4 is 10.6 Å². The first kappa shape index (κ1) is 16.2. The van der Waals surface area contributed by atoms with Crippen molar-refractivity contribution < 1.29 is 9.59 Å². The number of aromatic amines is 1. The molecule has 7 nitrogen and oxygen atoms in total. The van der Waals surface area contributed by atoms with Gasteiger partial charge in [-0.3, -0.25) is 14.7 Å². The molecule has 2 atom stereocenters. The van der Waals surface area contributed by atoms with E-state index in [1.54, 1.807) is 18.2 Å². The monoisotopic (exact) mass is 327 g/mol. The average molecular weight is 327 g/mol. The van der Waals surface area contributed by atoms with Gasteiger partial charge >= 0.3 is 11.8 Å². The van der Waals surface area contributed by atoms with E-state index in [1.807, 2.05) is 13.0 Å². The molecule has 1 fully saturated rings. The number of H-pyrrole nitrogens is 1. The minimum absolute atomic E-state index is 0.0887. The van der Waals surface area contributed by atoms with Crippen molar-refractivity contribution in [1.29, 1.82) is 0 Å². The van der Waals surface area contributed by atoms with E-state index in [1.165, 1.54) is 0 Å². The normalized spacial score (nSPS) is 19.9. The third-order valence-corrected chi connectivity index (χ3v) is 4.36. The molecule has 24 heavy (non-hydrogen) atoms. The van der Waals surface area contributed by atoms with Gasteiger partial charge in [-0.1, -0.05) is 25.5 Å². The van der Waals surface area contributed by atoms with Crippen LogP contribution >= 0.6 is 0 Å². The van der Waals surface area contributed by atoms with Gasteiger partial charge in [-0.05, 0) is 37.8 Å². The van der Waals surface area contributed by atoms with Gasteiger partial charge in [0.2, 0.25) is 0 Å². The number of anilines is 1. The van der Waals surface area contributed by atoms with Crippen molar-refractivity contribution in [2.24, 2.45) is 5.92 Å². The molecule has 2 amide bonds. The highest BCUT2D eigenvalue weighted by Gasteiger charge is 2.27. The molecule has 0 saturated heterocycles. The van der Waals surface area contributed by atoms with Crippen LogP contribution in [0.1, 0.15) is 32.0 Å². The van der Waals surface area contributed by atoms with Crippen molar-refractivity contribution in [2.75, 3.05) is 5.32 Å². The van der Waals surface area contributed by atoms with Gasteiger partial charge < -0.3 is 10.6 Å². The molecular weight excluding hydrogens is 306 g/mol. The fraction of sp³-hybridized carbons (Fsp3) is 0.412. The van der Waals surface area contributed by atoms with Gasteiger partial charge in [0.1, 0.15) is 5.82 Å². The Morgan fingerprint density at radius 3 is 2.75 bits per heavy atom. The van der Waals surface area contributed by atoms with Crippen molar-refractivity contribution in [3.8, 4) is 11.4 Å². The van der Waals surface area contributed by atoms with Crippen LogP contribution in [0.2, 0.25) is 0 Å². The summed E-state index contributed by atoms with van der Waals surface area (Å²) >= 11 is 0. The Hall–Kier alpha value is -2.70. The first-order valence-electron chi connectivity index (χ1n) is 8.14. The first-order valence-corrected chi connectivity index (χ1v) is 8.14. The third-order valence-electron chi connectivity index (χ3n) is 4.36. The maximum Gasteiger partial charge on any atom is 0.313 e. The maximum atomic E-state index is 12.1. The van der Waals surface area contributed by atoms with Gasteiger partial charge in [-0.15, -0.1) is 0 Å². The fourth-order valence-corrected chi connectivity index (χ4v) is 2.99. The molecule has 0 spiro atoms. The highest BCUT2D eigenvalue weighted by atomic mass is 16.2. The molecule has 2 aromatic rings. The van der Waals surface area contributed by atoms with Gasteiger partial charge in [-0.2, -0.15) is 5.10 Å². The Bertz CT molecular complexity index is 755. The van der Waals surface area contributed by atoms with E-state index < -0.39 is 11.8 Å². The number of benzene rings is 1. The molecule has 0 radical (unpaired) electrons. The van der Waals surface area contributed by atoms with Crippen molar-refractivity contribution in [1.82, 2.24) is 20.5 Å². The lowest BCUT2D eigenvalue weighted by Crippen LogP contribution is -2.42. The van der Waals surface area contributed by atoms with Crippen LogP contribution in [0, 0.1) is 12.8 Å². The van der Waals surface area contributed by atoms with Gasteiger partial charge in [0.15, 0.2) is 5.82 Å². The second-order valence-electron chi connectivity index (χ2n) is 6.27. The minimum Gasteiger partial charge on any atom is -0.345 e. The number of amides is 2. The van der Waals surface area contributed by atoms with E-state index in [-0.39, 0.29) is 6.04 Å². The van der Waals surface area contributed by atoms with E-state index in [9.17, 15) is 9.59 Å². The van der Waals surface area contributed by atoms with Crippen molar-refractivity contribution in [3.63, 3.8) is 0 Å². The van der Waals surface area contributed by atoms with Crippen LogP contribution in [-0.4, -0.2) is 33.0 Å². The van der Waals surface area contributed by atoms with E-state index in [4.69, 9.17) is 0 Å². The number of nitrogens with zero attached hydrogens (tertiary/aromatic N) is 2. The van der Waals surface area contributed by atoms with E-state index in [0.29, 0.717) is 23.3 Å². The Kier molecular flexibility index (Phi) is 4.59. The van der Waals surface area contributed by atoms with E-state index in [2.05, 4.69) is 32.7 Å². The van der Waals surface area contributed by atoms with Crippen LogP contribution in [0.3, 0.4) is 0 Å². The molecule has 7 heteroatoms. The Morgan fingerprint density at radius 2 is 2.08 bits per heavy atom. The second-order valence-corrected chi connectivity index (χ2v) is 6.27. The molecule has 126 valence electrons. The number of hydrogen-bond acceptors (Lipinski definition) is 4.